The van der Waals surface area contributed by atoms with Crippen LogP contribution in [0.5, 0.6) is 0 Å². The standard InChI is InChI=1S/C39H56/c1-23(2)31-19-30(17-16-18-36(10,11)12)26(6)34-27(7)35-29(9)39(15)28(8)33(24(3)4)25(5)20-38(39,14)22-37(35,13)21-32(31)34/h19,23H,3,7-8,16-18,20-22H2,1-2,4-6,9-15H3/t37-,38+,39-/m1/s1. The van der Waals surface area contributed by atoms with Gasteiger partial charge in [-0.1, -0.05) is 97.9 Å². The molecular weight excluding hydrogens is 468 g/mol. The number of benzene rings is 1. The highest BCUT2D eigenvalue weighted by atomic mass is 14.6. The van der Waals surface area contributed by atoms with E-state index in [4.69, 9.17) is 13.2 Å². The van der Waals surface area contributed by atoms with Crippen LogP contribution in [0.2, 0.25) is 0 Å². The minimum atomic E-state index is -0.102. The molecule has 0 unspecified atom stereocenters. The van der Waals surface area contributed by atoms with Crippen LogP contribution in [-0.2, 0) is 12.8 Å². The summed E-state index contributed by atoms with van der Waals surface area (Å²) >= 11 is 0. The molecule has 3 aliphatic rings. The maximum Gasteiger partial charge on any atom is 0.0194 e. The second-order valence-corrected chi connectivity index (χ2v) is 15.8. The van der Waals surface area contributed by atoms with Gasteiger partial charge in [0.2, 0.25) is 0 Å². The van der Waals surface area contributed by atoms with Gasteiger partial charge in [0, 0.05) is 5.41 Å². The number of allylic oxidation sites excluding steroid dienone is 7. The van der Waals surface area contributed by atoms with Crippen LogP contribution >= 0.6 is 0 Å². The van der Waals surface area contributed by atoms with Gasteiger partial charge in [0.25, 0.3) is 0 Å². The Morgan fingerprint density at radius 2 is 1.64 bits per heavy atom. The number of aryl methyl sites for hydroxylation is 1. The minimum Gasteiger partial charge on any atom is -0.0955 e. The number of rotatable bonds is 5. The van der Waals surface area contributed by atoms with Crippen LogP contribution in [-0.4, -0.2) is 0 Å². The first-order chi connectivity index (χ1) is 17.8. The van der Waals surface area contributed by atoms with E-state index >= 15 is 0 Å². The number of fused-ring (bicyclic) bond motifs is 3. The summed E-state index contributed by atoms with van der Waals surface area (Å²) in [6.45, 7) is 42.7. The zero-order valence-electron chi connectivity index (χ0n) is 27.5. The van der Waals surface area contributed by atoms with Crippen molar-refractivity contribution in [1.82, 2.24) is 0 Å². The molecule has 0 aliphatic heterocycles. The van der Waals surface area contributed by atoms with E-state index in [0.29, 0.717) is 11.3 Å². The van der Waals surface area contributed by atoms with Gasteiger partial charge in [-0.05, 0) is 138 Å². The molecule has 3 atom stereocenters. The van der Waals surface area contributed by atoms with Crippen molar-refractivity contribution in [3.05, 3.63) is 87.1 Å². The van der Waals surface area contributed by atoms with E-state index in [1.54, 1.807) is 11.1 Å². The lowest BCUT2D eigenvalue weighted by Gasteiger charge is -2.62. The fourth-order valence-corrected chi connectivity index (χ4v) is 9.27. The minimum absolute atomic E-state index is 0.0769. The van der Waals surface area contributed by atoms with Gasteiger partial charge in [-0.25, -0.2) is 0 Å². The van der Waals surface area contributed by atoms with Crippen LogP contribution in [0, 0.1) is 28.6 Å². The van der Waals surface area contributed by atoms with Gasteiger partial charge in [-0.3, -0.25) is 0 Å². The predicted octanol–water partition coefficient (Wildman–Crippen LogP) is 11.6. The Kier molecular flexibility index (Phi) is 7.28. The fraction of sp³-hybridized carbons (Fsp3) is 0.590. The summed E-state index contributed by atoms with van der Waals surface area (Å²) in [5, 5.41) is 0. The van der Waals surface area contributed by atoms with Crippen molar-refractivity contribution in [3.8, 4) is 0 Å². The molecule has 0 spiro atoms. The van der Waals surface area contributed by atoms with Crippen molar-refractivity contribution >= 4 is 5.57 Å². The SMILES string of the molecule is C=C(C)C1=C(C)C[C@@]2(C)C[C@@]3(C)Cc4c(C(C)C)cc(CCCC(C)(C)C)c(C)c4C(=C)C3=C(C)[C@@]2(C)C1=C. The molecule has 0 radical (unpaired) electrons. The topological polar surface area (TPSA) is 0 Å². The molecule has 1 aromatic carbocycles. The first-order valence-corrected chi connectivity index (χ1v) is 15.4. The largest absolute Gasteiger partial charge is 0.0955 e. The molecule has 39 heavy (non-hydrogen) atoms. The lowest BCUT2D eigenvalue weighted by atomic mass is 9.41. The van der Waals surface area contributed by atoms with Crippen LogP contribution in [0.4, 0.5) is 0 Å². The molecule has 0 heteroatoms. The molecule has 3 aliphatic carbocycles. The van der Waals surface area contributed by atoms with Crippen LogP contribution in [0.25, 0.3) is 5.57 Å². The van der Waals surface area contributed by atoms with Gasteiger partial charge in [-0.15, -0.1) is 0 Å². The van der Waals surface area contributed by atoms with Gasteiger partial charge in [-0.2, -0.15) is 0 Å². The van der Waals surface area contributed by atoms with E-state index in [9.17, 15) is 0 Å². The second-order valence-electron chi connectivity index (χ2n) is 15.8. The molecule has 0 N–H and O–H groups in total. The molecule has 0 fully saturated rings. The van der Waals surface area contributed by atoms with Crippen LogP contribution in [0.1, 0.15) is 136 Å². The third-order valence-corrected chi connectivity index (χ3v) is 11.1. The summed E-state index contributed by atoms with van der Waals surface area (Å²) in [7, 11) is 0. The molecule has 1 aromatic rings. The van der Waals surface area contributed by atoms with E-state index in [2.05, 4.69) is 95.7 Å². The first kappa shape index (κ1) is 29.9. The van der Waals surface area contributed by atoms with Crippen LogP contribution in [0.3, 0.4) is 0 Å². The van der Waals surface area contributed by atoms with Gasteiger partial charge < -0.3 is 0 Å². The van der Waals surface area contributed by atoms with Crippen molar-refractivity contribution in [2.45, 2.75) is 128 Å². The normalized spacial score (nSPS) is 29.1. The molecule has 0 aromatic heterocycles. The highest BCUT2D eigenvalue weighted by Crippen LogP contribution is 2.70. The van der Waals surface area contributed by atoms with E-state index in [0.717, 1.165) is 31.3 Å². The Morgan fingerprint density at radius 3 is 2.18 bits per heavy atom. The van der Waals surface area contributed by atoms with Crippen molar-refractivity contribution in [2.24, 2.45) is 21.7 Å². The monoisotopic (exact) mass is 524 g/mol. The molecule has 212 valence electrons. The second kappa shape index (κ2) is 9.49. The zero-order valence-corrected chi connectivity index (χ0v) is 27.5. The third-order valence-electron chi connectivity index (χ3n) is 11.1. The summed E-state index contributed by atoms with van der Waals surface area (Å²) in [4.78, 5) is 0. The highest BCUT2D eigenvalue weighted by Gasteiger charge is 2.59. The van der Waals surface area contributed by atoms with Gasteiger partial charge >= 0.3 is 0 Å². The van der Waals surface area contributed by atoms with Crippen LogP contribution in [0.15, 0.2) is 59.2 Å². The summed E-state index contributed by atoms with van der Waals surface area (Å²) in [5.74, 6) is 0.506. The quantitative estimate of drug-likeness (QED) is 0.359. The van der Waals surface area contributed by atoms with E-state index < -0.39 is 0 Å². The lowest BCUT2D eigenvalue weighted by molar-refractivity contribution is 0.0543. The first-order valence-electron chi connectivity index (χ1n) is 15.4. The van der Waals surface area contributed by atoms with Crippen molar-refractivity contribution < 1.29 is 0 Å². The Labute approximate surface area is 241 Å². The molecule has 0 nitrogen and oxygen atoms in total. The maximum atomic E-state index is 4.93. The van der Waals surface area contributed by atoms with Gasteiger partial charge in [0.15, 0.2) is 0 Å². The fourth-order valence-electron chi connectivity index (χ4n) is 9.27. The molecule has 0 amide bonds. The Bertz CT molecular complexity index is 1330. The summed E-state index contributed by atoms with van der Waals surface area (Å²) < 4.78 is 0. The van der Waals surface area contributed by atoms with Gasteiger partial charge in [0.05, 0.1) is 0 Å². The molecule has 4 rings (SSSR count). The Morgan fingerprint density at radius 1 is 1.03 bits per heavy atom. The third kappa shape index (κ3) is 4.49. The summed E-state index contributed by atoms with van der Waals surface area (Å²) in [6.07, 6.45) is 7.01. The average molecular weight is 525 g/mol. The Balaban J connectivity index is 1.93. The van der Waals surface area contributed by atoms with Crippen molar-refractivity contribution in [1.29, 1.82) is 0 Å². The molecular formula is C39H56. The zero-order chi connectivity index (χ0) is 29.5. The molecule has 0 bridgehead atoms. The highest BCUT2D eigenvalue weighted by molar-refractivity contribution is 5.87. The molecule has 0 heterocycles. The van der Waals surface area contributed by atoms with Gasteiger partial charge in [0.1, 0.15) is 0 Å². The number of hydrogen-bond donors (Lipinski definition) is 0. The van der Waals surface area contributed by atoms with E-state index in [1.807, 2.05) is 0 Å². The summed E-state index contributed by atoms with van der Waals surface area (Å²) in [5.41, 5.74) is 17.5. The molecule has 0 saturated heterocycles. The van der Waals surface area contributed by atoms with E-state index in [1.165, 1.54) is 63.0 Å². The van der Waals surface area contributed by atoms with Crippen molar-refractivity contribution in [3.63, 3.8) is 0 Å². The van der Waals surface area contributed by atoms with Crippen LogP contribution < -0.4 is 0 Å². The van der Waals surface area contributed by atoms with E-state index in [-0.39, 0.29) is 16.2 Å². The summed E-state index contributed by atoms with van der Waals surface area (Å²) in [6, 6.07) is 2.57. The predicted molar refractivity (Wildman–Crippen MR) is 173 cm³/mol. The lowest BCUT2D eigenvalue weighted by Crippen LogP contribution is -2.52. The average Bonchev–Trinajstić information content (AvgIpc) is 2.76. The molecule has 0 saturated carbocycles. The van der Waals surface area contributed by atoms with Crippen molar-refractivity contribution in [2.75, 3.05) is 0 Å². The Hall–Kier alpha value is -2.08. The maximum absolute atomic E-state index is 4.93. The number of hydrogen-bond acceptors (Lipinski definition) is 0. The smallest absolute Gasteiger partial charge is 0.0194 e.